The molecule has 0 fully saturated rings. The molecule has 1 N–H and O–H groups in total. The summed E-state index contributed by atoms with van der Waals surface area (Å²) in [6.45, 7) is 0. The molecule has 1 heterocycles. The molecule has 6 rings (SSSR count). The van der Waals surface area contributed by atoms with Gasteiger partial charge in [0.15, 0.2) is 11.6 Å². The van der Waals surface area contributed by atoms with Crippen LogP contribution in [0.5, 0.6) is 0 Å². The standard InChI is InChI=1S/C30H19BrClNO2/c31-19-13-9-18(10-14-19)28-26(23-7-3-4-8-24(23)33-28)25(17-11-15-20(32)16-12-17)27-29(34)21-5-1-2-6-22(21)30(27)35/h1-16,25,27,33H. The number of halogens is 2. The van der Waals surface area contributed by atoms with Crippen LogP contribution in [-0.2, 0) is 0 Å². The lowest BCUT2D eigenvalue weighted by Gasteiger charge is -2.24. The number of aromatic amines is 1. The molecule has 1 unspecified atom stereocenters. The van der Waals surface area contributed by atoms with E-state index in [2.05, 4.69) is 20.9 Å². The third-order valence-corrected chi connectivity index (χ3v) is 7.56. The normalized spacial score (nSPS) is 14.5. The number of para-hydroxylation sites is 1. The van der Waals surface area contributed by atoms with Crippen molar-refractivity contribution >= 4 is 50.0 Å². The van der Waals surface area contributed by atoms with Gasteiger partial charge in [0.1, 0.15) is 0 Å². The highest BCUT2D eigenvalue weighted by atomic mass is 79.9. The van der Waals surface area contributed by atoms with Crippen molar-refractivity contribution in [3.8, 4) is 11.3 Å². The van der Waals surface area contributed by atoms with Gasteiger partial charge in [-0.2, -0.15) is 0 Å². The van der Waals surface area contributed by atoms with Crippen LogP contribution >= 0.6 is 27.5 Å². The van der Waals surface area contributed by atoms with Gasteiger partial charge in [-0.15, -0.1) is 0 Å². The van der Waals surface area contributed by atoms with Gasteiger partial charge in [-0.1, -0.05) is 94.3 Å². The molecule has 1 aliphatic carbocycles. The quantitative estimate of drug-likeness (QED) is 0.234. The van der Waals surface area contributed by atoms with Crippen LogP contribution in [0.4, 0.5) is 0 Å². The molecule has 0 amide bonds. The molecule has 1 aromatic heterocycles. The highest BCUT2D eigenvalue weighted by Gasteiger charge is 2.45. The molecule has 0 aliphatic heterocycles. The number of nitrogens with one attached hydrogen (secondary N) is 1. The lowest BCUT2D eigenvalue weighted by atomic mass is 9.76. The summed E-state index contributed by atoms with van der Waals surface area (Å²) in [5.74, 6) is -1.63. The van der Waals surface area contributed by atoms with Crippen molar-refractivity contribution in [3.63, 3.8) is 0 Å². The lowest BCUT2D eigenvalue weighted by molar-refractivity contribution is 0.0825. The van der Waals surface area contributed by atoms with Crippen LogP contribution in [0, 0.1) is 5.92 Å². The minimum Gasteiger partial charge on any atom is -0.354 e. The molecule has 5 heteroatoms. The topological polar surface area (TPSA) is 49.9 Å². The highest BCUT2D eigenvalue weighted by Crippen LogP contribution is 2.46. The Balaban J connectivity index is 1.65. The van der Waals surface area contributed by atoms with Crippen molar-refractivity contribution in [2.45, 2.75) is 5.92 Å². The smallest absolute Gasteiger partial charge is 0.175 e. The maximum atomic E-state index is 13.7. The van der Waals surface area contributed by atoms with Crippen molar-refractivity contribution in [1.29, 1.82) is 0 Å². The number of hydrogen-bond acceptors (Lipinski definition) is 2. The second kappa shape index (κ2) is 8.63. The van der Waals surface area contributed by atoms with Crippen molar-refractivity contribution in [1.82, 2.24) is 4.98 Å². The summed E-state index contributed by atoms with van der Waals surface area (Å²) >= 11 is 9.74. The summed E-state index contributed by atoms with van der Waals surface area (Å²) in [4.78, 5) is 31.1. The van der Waals surface area contributed by atoms with E-state index in [1.807, 2.05) is 84.9 Å². The zero-order valence-corrected chi connectivity index (χ0v) is 20.8. The Morgan fingerprint density at radius 3 is 2.00 bits per heavy atom. The molecule has 4 aromatic carbocycles. The minimum absolute atomic E-state index is 0.141. The van der Waals surface area contributed by atoms with E-state index < -0.39 is 11.8 Å². The molecular formula is C30H19BrClNO2. The highest BCUT2D eigenvalue weighted by molar-refractivity contribution is 9.10. The van der Waals surface area contributed by atoms with E-state index in [-0.39, 0.29) is 11.6 Å². The first-order valence-electron chi connectivity index (χ1n) is 11.3. The number of carbonyl (C=O) groups excluding carboxylic acids is 2. The molecule has 3 nitrogen and oxygen atoms in total. The Morgan fingerprint density at radius 2 is 1.34 bits per heavy atom. The molecule has 1 atom stereocenters. The summed E-state index contributed by atoms with van der Waals surface area (Å²) in [7, 11) is 0. The monoisotopic (exact) mass is 539 g/mol. The van der Waals surface area contributed by atoms with Gasteiger partial charge in [-0.05, 0) is 47.0 Å². The van der Waals surface area contributed by atoms with Crippen LogP contribution in [0.15, 0.2) is 102 Å². The van der Waals surface area contributed by atoms with Crippen LogP contribution in [-0.4, -0.2) is 16.6 Å². The molecule has 0 bridgehead atoms. The van der Waals surface area contributed by atoms with Crippen LogP contribution in [0.3, 0.4) is 0 Å². The van der Waals surface area contributed by atoms with Gasteiger partial charge in [-0.3, -0.25) is 9.59 Å². The van der Waals surface area contributed by atoms with E-state index in [9.17, 15) is 9.59 Å². The van der Waals surface area contributed by atoms with E-state index in [1.54, 1.807) is 12.1 Å². The van der Waals surface area contributed by atoms with E-state index in [0.717, 1.165) is 37.8 Å². The maximum absolute atomic E-state index is 13.7. The molecule has 170 valence electrons. The third-order valence-electron chi connectivity index (χ3n) is 6.78. The number of fused-ring (bicyclic) bond motifs is 2. The first-order valence-corrected chi connectivity index (χ1v) is 12.5. The van der Waals surface area contributed by atoms with Gasteiger partial charge < -0.3 is 4.98 Å². The van der Waals surface area contributed by atoms with Crippen LogP contribution in [0.2, 0.25) is 5.02 Å². The number of hydrogen-bond donors (Lipinski definition) is 1. The van der Waals surface area contributed by atoms with Crippen LogP contribution in [0.25, 0.3) is 22.2 Å². The summed E-state index contributed by atoms with van der Waals surface area (Å²) in [5, 5.41) is 1.59. The van der Waals surface area contributed by atoms with Gasteiger partial charge in [0.05, 0.1) is 11.6 Å². The van der Waals surface area contributed by atoms with Crippen molar-refractivity contribution in [2.75, 3.05) is 0 Å². The molecular weight excluding hydrogens is 522 g/mol. The Kier molecular flexibility index (Phi) is 5.43. The maximum Gasteiger partial charge on any atom is 0.175 e. The first-order chi connectivity index (χ1) is 17.0. The SMILES string of the molecule is O=C1c2ccccc2C(=O)C1C(c1ccc(Cl)cc1)c1c(-c2ccc(Br)cc2)[nH]c2ccccc12. The number of Topliss-reactive ketones (excluding diaryl/α,β-unsaturated/α-hetero) is 2. The van der Waals surface area contributed by atoms with Gasteiger partial charge in [-0.25, -0.2) is 0 Å². The predicted molar refractivity (Wildman–Crippen MR) is 143 cm³/mol. The van der Waals surface area contributed by atoms with Crippen molar-refractivity contribution in [2.24, 2.45) is 5.92 Å². The molecule has 5 aromatic rings. The third kappa shape index (κ3) is 3.65. The van der Waals surface area contributed by atoms with E-state index in [4.69, 9.17) is 11.6 Å². The second-order valence-corrected chi connectivity index (χ2v) is 10.1. The molecule has 0 saturated heterocycles. The number of aromatic nitrogens is 1. The number of H-pyrrole nitrogens is 1. The molecule has 1 aliphatic rings. The average Bonchev–Trinajstić information content (AvgIpc) is 3.38. The van der Waals surface area contributed by atoms with E-state index in [1.165, 1.54) is 0 Å². The summed E-state index contributed by atoms with van der Waals surface area (Å²) in [6.07, 6.45) is 0. The van der Waals surface area contributed by atoms with E-state index >= 15 is 0 Å². The average molecular weight is 541 g/mol. The number of benzene rings is 4. The number of rotatable bonds is 4. The predicted octanol–water partition coefficient (Wildman–Crippen LogP) is 8.08. The van der Waals surface area contributed by atoms with Crippen molar-refractivity contribution in [3.05, 3.63) is 129 Å². The van der Waals surface area contributed by atoms with Crippen LogP contribution < -0.4 is 0 Å². The van der Waals surface area contributed by atoms with Gasteiger partial charge in [0, 0.05) is 37.4 Å². The summed E-state index contributed by atoms with van der Waals surface area (Å²) < 4.78 is 0.977. The van der Waals surface area contributed by atoms with Crippen LogP contribution in [0.1, 0.15) is 37.8 Å². The summed E-state index contributed by atoms with van der Waals surface area (Å²) in [5.41, 5.74) is 5.62. The fourth-order valence-corrected chi connectivity index (χ4v) is 5.59. The fourth-order valence-electron chi connectivity index (χ4n) is 5.20. The van der Waals surface area contributed by atoms with Crippen molar-refractivity contribution < 1.29 is 9.59 Å². The second-order valence-electron chi connectivity index (χ2n) is 8.75. The lowest BCUT2D eigenvalue weighted by Crippen LogP contribution is -2.25. The first kappa shape index (κ1) is 22.0. The molecule has 0 spiro atoms. The number of ketones is 2. The zero-order chi connectivity index (χ0) is 24.1. The molecule has 35 heavy (non-hydrogen) atoms. The zero-order valence-electron chi connectivity index (χ0n) is 18.5. The van der Waals surface area contributed by atoms with E-state index in [0.29, 0.717) is 16.1 Å². The largest absolute Gasteiger partial charge is 0.354 e. The molecule has 0 saturated carbocycles. The number of carbonyl (C=O) groups is 2. The Morgan fingerprint density at radius 1 is 0.743 bits per heavy atom. The fraction of sp³-hybridized carbons (Fsp3) is 0.0667. The van der Waals surface area contributed by atoms with Gasteiger partial charge in [0.25, 0.3) is 0 Å². The Hall–Kier alpha value is -3.47. The summed E-state index contributed by atoms with van der Waals surface area (Å²) in [6, 6.07) is 30.7. The van der Waals surface area contributed by atoms with Gasteiger partial charge in [0.2, 0.25) is 0 Å². The Labute approximate surface area is 215 Å². The van der Waals surface area contributed by atoms with Gasteiger partial charge >= 0.3 is 0 Å². The Bertz CT molecular complexity index is 1570. The minimum atomic E-state index is -0.859. The molecule has 0 radical (unpaired) electrons.